The Morgan fingerprint density at radius 1 is 1.25 bits per heavy atom. The Hall–Kier alpha value is -2.30. The van der Waals surface area contributed by atoms with Crippen LogP contribution in [0.15, 0.2) is 43.0 Å². The summed E-state index contributed by atoms with van der Waals surface area (Å²) in [6.45, 7) is 5.53. The van der Waals surface area contributed by atoms with Gasteiger partial charge in [0.25, 0.3) is 0 Å². The van der Waals surface area contributed by atoms with E-state index in [0.29, 0.717) is 6.54 Å². The Labute approximate surface area is 144 Å². The molecule has 130 valence electrons. The summed E-state index contributed by atoms with van der Waals surface area (Å²) < 4.78 is 7.46. The third-order valence-electron chi connectivity index (χ3n) is 4.29. The fourth-order valence-electron chi connectivity index (χ4n) is 2.72. The summed E-state index contributed by atoms with van der Waals surface area (Å²) in [5.41, 5.74) is 0.286. The zero-order valence-corrected chi connectivity index (χ0v) is 14.8. The molecule has 1 aromatic carbocycles. The lowest BCUT2D eigenvalue weighted by atomic mass is 9.83. The van der Waals surface area contributed by atoms with Gasteiger partial charge in [0.05, 0.1) is 18.9 Å². The summed E-state index contributed by atoms with van der Waals surface area (Å²) in [6.07, 6.45) is 8.73. The minimum absolute atomic E-state index is 0.0293. The number of methoxy groups -OCH3 is 1. The molecule has 5 nitrogen and oxygen atoms in total. The molecular formula is C19H27N3O2. The quantitative estimate of drug-likeness (QED) is 0.719. The van der Waals surface area contributed by atoms with Gasteiger partial charge < -0.3 is 14.6 Å². The average Bonchev–Trinajstić information content (AvgIpc) is 3.11. The van der Waals surface area contributed by atoms with Gasteiger partial charge in [0.1, 0.15) is 5.75 Å². The molecule has 0 aliphatic rings. The Balaban J connectivity index is 1.76. The number of nitrogens with zero attached hydrogens (tertiary/aromatic N) is 2. The Kier molecular flexibility index (Phi) is 6.41. The van der Waals surface area contributed by atoms with E-state index in [0.717, 1.165) is 37.1 Å². The van der Waals surface area contributed by atoms with Crippen LogP contribution in [0.4, 0.5) is 0 Å². The van der Waals surface area contributed by atoms with E-state index in [-0.39, 0.29) is 5.91 Å². The first-order chi connectivity index (χ1) is 11.6. The van der Waals surface area contributed by atoms with Crippen molar-refractivity contribution in [2.75, 3.05) is 13.7 Å². The SMILES string of the molecule is COc1ccccc1C(C)(C)C(=O)NCCCCCn1ccnc1. The van der Waals surface area contributed by atoms with Gasteiger partial charge >= 0.3 is 0 Å². The second-order valence-corrected chi connectivity index (χ2v) is 6.44. The number of hydrogen-bond donors (Lipinski definition) is 1. The summed E-state index contributed by atoms with van der Waals surface area (Å²) in [5, 5.41) is 3.05. The van der Waals surface area contributed by atoms with E-state index in [1.54, 1.807) is 13.3 Å². The molecule has 0 fully saturated rings. The zero-order valence-electron chi connectivity index (χ0n) is 14.8. The fraction of sp³-hybridized carbons (Fsp3) is 0.474. The van der Waals surface area contributed by atoms with Crippen LogP contribution < -0.4 is 10.1 Å². The van der Waals surface area contributed by atoms with E-state index in [9.17, 15) is 4.79 Å². The largest absolute Gasteiger partial charge is 0.496 e. The maximum absolute atomic E-state index is 12.6. The molecule has 0 spiro atoms. The lowest BCUT2D eigenvalue weighted by molar-refractivity contribution is -0.125. The second-order valence-electron chi connectivity index (χ2n) is 6.44. The predicted molar refractivity (Wildman–Crippen MR) is 95.1 cm³/mol. The van der Waals surface area contributed by atoms with Crippen molar-refractivity contribution in [2.24, 2.45) is 0 Å². The molecule has 2 aromatic rings. The molecule has 0 saturated heterocycles. The third-order valence-corrected chi connectivity index (χ3v) is 4.29. The number of imidazole rings is 1. The highest BCUT2D eigenvalue weighted by molar-refractivity contribution is 5.88. The minimum atomic E-state index is -0.622. The molecule has 1 N–H and O–H groups in total. The van der Waals surface area contributed by atoms with Crippen LogP contribution >= 0.6 is 0 Å². The lowest BCUT2D eigenvalue weighted by Gasteiger charge is -2.26. The molecule has 0 saturated carbocycles. The van der Waals surface area contributed by atoms with Crippen LogP contribution in [0.2, 0.25) is 0 Å². The van der Waals surface area contributed by atoms with E-state index in [2.05, 4.69) is 14.9 Å². The molecule has 1 aromatic heterocycles. The molecule has 5 heteroatoms. The number of carbonyl (C=O) groups excluding carboxylic acids is 1. The van der Waals surface area contributed by atoms with Gasteiger partial charge in [-0.2, -0.15) is 0 Å². The van der Waals surface area contributed by atoms with Gasteiger partial charge in [0, 0.05) is 31.0 Å². The number of aryl methyl sites for hydroxylation is 1. The molecular weight excluding hydrogens is 302 g/mol. The number of ether oxygens (including phenoxy) is 1. The maximum Gasteiger partial charge on any atom is 0.230 e. The molecule has 0 aliphatic heterocycles. The van der Waals surface area contributed by atoms with E-state index in [1.165, 1.54) is 0 Å². The number of unbranched alkanes of at least 4 members (excludes halogenated alkanes) is 2. The average molecular weight is 329 g/mol. The van der Waals surface area contributed by atoms with Gasteiger partial charge in [-0.3, -0.25) is 4.79 Å². The Bertz CT molecular complexity index is 636. The van der Waals surface area contributed by atoms with E-state index in [1.807, 2.05) is 50.6 Å². The summed E-state index contributed by atoms with van der Waals surface area (Å²) in [6, 6.07) is 7.68. The van der Waals surface area contributed by atoms with E-state index in [4.69, 9.17) is 4.74 Å². The molecule has 2 rings (SSSR count). The molecule has 0 atom stereocenters. The normalized spacial score (nSPS) is 11.3. The third kappa shape index (κ3) is 4.60. The smallest absolute Gasteiger partial charge is 0.230 e. The molecule has 1 heterocycles. The van der Waals surface area contributed by atoms with Crippen molar-refractivity contribution in [3.63, 3.8) is 0 Å². The van der Waals surface area contributed by atoms with Crippen molar-refractivity contribution in [1.82, 2.24) is 14.9 Å². The van der Waals surface area contributed by atoms with Gasteiger partial charge in [-0.1, -0.05) is 18.2 Å². The highest BCUT2D eigenvalue weighted by atomic mass is 16.5. The standard InChI is InChI=1S/C19H27N3O2/c1-19(2,16-9-5-6-10-17(16)24-3)18(23)21-11-7-4-8-13-22-14-12-20-15-22/h5-6,9-10,12,14-15H,4,7-8,11,13H2,1-3H3,(H,21,23). The minimum Gasteiger partial charge on any atom is -0.496 e. The monoisotopic (exact) mass is 329 g/mol. The first kappa shape index (κ1) is 18.0. The van der Waals surface area contributed by atoms with Crippen molar-refractivity contribution in [3.8, 4) is 5.75 Å². The highest BCUT2D eigenvalue weighted by Crippen LogP contribution is 2.31. The first-order valence-corrected chi connectivity index (χ1v) is 8.43. The Morgan fingerprint density at radius 3 is 2.75 bits per heavy atom. The molecule has 24 heavy (non-hydrogen) atoms. The van der Waals surface area contributed by atoms with Crippen LogP contribution in [0.3, 0.4) is 0 Å². The van der Waals surface area contributed by atoms with Crippen LogP contribution in [-0.4, -0.2) is 29.1 Å². The topological polar surface area (TPSA) is 56.1 Å². The number of benzene rings is 1. The summed E-state index contributed by atoms with van der Waals surface area (Å²) >= 11 is 0. The number of aromatic nitrogens is 2. The summed E-state index contributed by atoms with van der Waals surface area (Å²) in [7, 11) is 1.63. The van der Waals surface area contributed by atoms with Crippen molar-refractivity contribution >= 4 is 5.91 Å². The number of carbonyl (C=O) groups is 1. The predicted octanol–water partition coefficient (Wildman–Crippen LogP) is 3.16. The maximum atomic E-state index is 12.6. The first-order valence-electron chi connectivity index (χ1n) is 8.43. The van der Waals surface area contributed by atoms with Crippen molar-refractivity contribution in [2.45, 2.75) is 45.1 Å². The van der Waals surface area contributed by atoms with Crippen LogP contribution in [0.25, 0.3) is 0 Å². The van der Waals surface area contributed by atoms with Crippen LogP contribution in [-0.2, 0) is 16.8 Å². The van der Waals surface area contributed by atoms with Crippen molar-refractivity contribution in [1.29, 1.82) is 0 Å². The molecule has 1 amide bonds. The van der Waals surface area contributed by atoms with Crippen LogP contribution in [0, 0.1) is 0 Å². The number of hydrogen-bond acceptors (Lipinski definition) is 3. The van der Waals surface area contributed by atoms with E-state index < -0.39 is 5.41 Å². The number of para-hydroxylation sites is 1. The van der Waals surface area contributed by atoms with Crippen molar-refractivity contribution < 1.29 is 9.53 Å². The van der Waals surface area contributed by atoms with Gasteiger partial charge in [0.2, 0.25) is 5.91 Å². The van der Waals surface area contributed by atoms with Crippen LogP contribution in [0.1, 0.15) is 38.7 Å². The summed E-state index contributed by atoms with van der Waals surface area (Å²) in [5.74, 6) is 0.777. The second kappa shape index (κ2) is 8.52. The van der Waals surface area contributed by atoms with Gasteiger partial charge in [-0.15, -0.1) is 0 Å². The molecule has 0 bridgehead atoms. The van der Waals surface area contributed by atoms with Crippen molar-refractivity contribution in [3.05, 3.63) is 48.5 Å². The van der Waals surface area contributed by atoms with Gasteiger partial charge in [0.15, 0.2) is 0 Å². The zero-order chi connectivity index (χ0) is 17.4. The number of nitrogens with one attached hydrogen (secondary N) is 1. The molecule has 0 radical (unpaired) electrons. The molecule has 0 unspecified atom stereocenters. The molecule has 0 aliphatic carbocycles. The number of amides is 1. The van der Waals surface area contributed by atoms with Gasteiger partial charge in [-0.25, -0.2) is 4.98 Å². The van der Waals surface area contributed by atoms with Gasteiger partial charge in [-0.05, 0) is 39.2 Å². The highest BCUT2D eigenvalue weighted by Gasteiger charge is 2.32. The Morgan fingerprint density at radius 2 is 2.04 bits per heavy atom. The number of rotatable bonds is 9. The summed E-state index contributed by atoms with van der Waals surface area (Å²) in [4.78, 5) is 16.6. The lowest BCUT2D eigenvalue weighted by Crippen LogP contribution is -2.40. The van der Waals surface area contributed by atoms with Crippen LogP contribution in [0.5, 0.6) is 5.75 Å². The fourth-order valence-corrected chi connectivity index (χ4v) is 2.72. The van der Waals surface area contributed by atoms with E-state index >= 15 is 0 Å².